The lowest BCUT2D eigenvalue weighted by Gasteiger charge is -2.31. The van der Waals surface area contributed by atoms with E-state index in [0.717, 1.165) is 51.3 Å². The van der Waals surface area contributed by atoms with E-state index >= 15 is 0 Å². The van der Waals surface area contributed by atoms with E-state index in [0.29, 0.717) is 6.54 Å². The normalized spacial score (nSPS) is 16.2. The van der Waals surface area contributed by atoms with Gasteiger partial charge in [0.1, 0.15) is 18.5 Å². The van der Waals surface area contributed by atoms with Crippen molar-refractivity contribution in [2.45, 2.75) is 45.5 Å². The Morgan fingerprint density at radius 3 is 2.58 bits per heavy atom. The number of benzene rings is 1. The van der Waals surface area contributed by atoms with Crippen LogP contribution in [0.15, 0.2) is 36.7 Å². The number of methoxy groups -OCH3 is 1. The Hall–Kier alpha value is -2.42. The maximum atomic E-state index is 11.6. The van der Waals surface area contributed by atoms with Gasteiger partial charge >= 0.3 is 5.97 Å². The lowest BCUT2D eigenvalue weighted by molar-refractivity contribution is -0.147. The topological polar surface area (TPSA) is 88.9 Å². The minimum absolute atomic E-state index is 0.0169. The molecular formula is C23H34N4O4. The van der Waals surface area contributed by atoms with Gasteiger partial charge in [0.2, 0.25) is 0 Å². The largest absolute Gasteiger partial charge is 0.491 e. The van der Waals surface area contributed by atoms with Crippen LogP contribution < -0.4 is 10.1 Å². The molecule has 0 amide bonds. The first-order chi connectivity index (χ1) is 15.1. The Kier molecular flexibility index (Phi) is 8.87. The van der Waals surface area contributed by atoms with Gasteiger partial charge in [0.05, 0.1) is 19.2 Å². The van der Waals surface area contributed by atoms with E-state index in [1.54, 1.807) is 0 Å². The zero-order valence-corrected chi connectivity index (χ0v) is 18.5. The SMILES string of the molecule is CCn1cc(CNCc2ccc(OC[C@H](O)CN3CCC(C(=O)OC)CC3)cc2)cn1. The van der Waals surface area contributed by atoms with Gasteiger partial charge in [0.25, 0.3) is 0 Å². The molecule has 2 N–H and O–H groups in total. The van der Waals surface area contributed by atoms with Crippen molar-refractivity contribution in [2.24, 2.45) is 5.92 Å². The molecule has 3 rings (SSSR count). The third-order valence-electron chi connectivity index (χ3n) is 5.63. The predicted octanol–water partition coefficient (Wildman–Crippen LogP) is 1.82. The summed E-state index contributed by atoms with van der Waals surface area (Å²) in [4.78, 5) is 13.8. The molecule has 1 aromatic heterocycles. The van der Waals surface area contributed by atoms with Crippen LogP contribution in [-0.4, -0.2) is 65.2 Å². The summed E-state index contributed by atoms with van der Waals surface area (Å²) in [5.41, 5.74) is 2.34. The third-order valence-corrected chi connectivity index (χ3v) is 5.63. The number of hydrogen-bond acceptors (Lipinski definition) is 7. The Balaban J connectivity index is 1.32. The molecule has 1 aromatic carbocycles. The number of carbonyl (C=O) groups excluding carboxylic acids is 1. The van der Waals surface area contributed by atoms with E-state index in [-0.39, 0.29) is 18.5 Å². The number of aliphatic hydroxyl groups is 1. The smallest absolute Gasteiger partial charge is 0.308 e. The second-order valence-electron chi connectivity index (χ2n) is 8.01. The van der Waals surface area contributed by atoms with Crippen molar-refractivity contribution in [2.75, 3.05) is 33.4 Å². The number of nitrogens with zero attached hydrogens (tertiary/aromatic N) is 3. The third kappa shape index (κ3) is 7.34. The van der Waals surface area contributed by atoms with Gasteiger partial charge in [-0.05, 0) is 50.6 Å². The molecular weight excluding hydrogens is 396 g/mol. The lowest BCUT2D eigenvalue weighted by atomic mass is 9.97. The first kappa shape index (κ1) is 23.2. The van der Waals surface area contributed by atoms with Gasteiger partial charge in [-0.25, -0.2) is 0 Å². The molecule has 1 saturated heterocycles. The summed E-state index contributed by atoms with van der Waals surface area (Å²) in [6, 6.07) is 7.92. The van der Waals surface area contributed by atoms with Crippen LogP contribution >= 0.6 is 0 Å². The average molecular weight is 431 g/mol. The number of ether oxygens (including phenoxy) is 2. The lowest BCUT2D eigenvalue weighted by Crippen LogP contribution is -2.42. The highest BCUT2D eigenvalue weighted by Gasteiger charge is 2.26. The molecule has 1 fully saturated rings. The standard InChI is InChI=1S/C23H34N4O4/c1-3-27-15-19(14-25-27)13-24-12-18-4-6-22(7-5-18)31-17-21(28)16-26-10-8-20(9-11-26)23(29)30-2/h4-7,14-15,20-21,24,28H,3,8-13,16-17H2,1-2H3/t21-/m1/s1. The predicted molar refractivity (Wildman–Crippen MR) is 118 cm³/mol. The minimum Gasteiger partial charge on any atom is -0.491 e. The summed E-state index contributed by atoms with van der Waals surface area (Å²) < 4.78 is 12.5. The number of rotatable bonds is 11. The van der Waals surface area contributed by atoms with E-state index < -0.39 is 6.10 Å². The fraction of sp³-hybridized carbons (Fsp3) is 0.565. The quantitative estimate of drug-likeness (QED) is 0.526. The highest BCUT2D eigenvalue weighted by molar-refractivity contribution is 5.72. The molecule has 0 bridgehead atoms. The summed E-state index contributed by atoms with van der Waals surface area (Å²) in [6.07, 6.45) is 4.92. The van der Waals surface area contributed by atoms with Gasteiger partial charge in [-0.15, -0.1) is 0 Å². The second-order valence-corrected chi connectivity index (χ2v) is 8.01. The average Bonchev–Trinajstić information content (AvgIpc) is 3.26. The zero-order valence-electron chi connectivity index (χ0n) is 18.5. The number of hydrogen-bond donors (Lipinski definition) is 2. The molecule has 0 spiro atoms. The maximum Gasteiger partial charge on any atom is 0.308 e. The molecule has 0 unspecified atom stereocenters. The van der Waals surface area contributed by atoms with Crippen molar-refractivity contribution in [1.29, 1.82) is 0 Å². The summed E-state index contributed by atoms with van der Waals surface area (Å²) >= 11 is 0. The monoisotopic (exact) mass is 430 g/mol. The maximum absolute atomic E-state index is 11.6. The van der Waals surface area contributed by atoms with Crippen LogP contribution in [0.2, 0.25) is 0 Å². The van der Waals surface area contributed by atoms with Gasteiger partial charge in [-0.3, -0.25) is 9.48 Å². The van der Waals surface area contributed by atoms with Crippen LogP contribution in [0.4, 0.5) is 0 Å². The molecule has 0 aliphatic carbocycles. The van der Waals surface area contributed by atoms with Crippen LogP contribution in [0.5, 0.6) is 5.75 Å². The number of likely N-dealkylation sites (tertiary alicyclic amines) is 1. The number of esters is 1. The van der Waals surface area contributed by atoms with Gasteiger partial charge in [0, 0.05) is 37.9 Å². The Labute approximate surface area is 184 Å². The molecule has 8 nitrogen and oxygen atoms in total. The number of nitrogens with one attached hydrogen (secondary N) is 1. The first-order valence-electron chi connectivity index (χ1n) is 11.0. The van der Waals surface area contributed by atoms with Crippen molar-refractivity contribution in [3.63, 3.8) is 0 Å². The zero-order chi connectivity index (χ0) is 22.1. The molecule has 0 radical (unpaired) electrons. The fourth-order valence-electron chi connectivity index (χ4n) is 3.79. The van der Waals surface area contributed by atoms with E-state index in [4.69, 9.17) is 9.47 Å². The summed E-state index contributed by atoms with van der Waals surface area (Å²) in [6.45, 7) is 6.87. The molecule has 1 atom stereocenters. The van der Waals surface area contributed by atoms with Gasteiger partial charge < -0.3 is 24.8 Å². The Morgan fingerprint density at radius 1 is 1.23 bits per heavy atom. The summed E-state index contributed by atoms with van der Waals surface area (Å²) in [5.74, 6) is 0.600. The van der Waals surface area contributed by atoms with Crippen molar-refractivity contribution < 1.29 is 19.4 Å². The highest BCUT2D eigenvalue weighted by atomic mass is 16.5. The molecule has 8 heteroatoms. The van der Waals surface area contributed by atoms with Crippen LogP contribution in [0, 0.1) is 5.92 Å². The fourth-order valence-corrected chi connectivity index (χ4v) is 3.79. The van der Waals surface area contributed by atoms with Crippen LogP contribution in [0.25, 0.3) is 0 Å². The van der Waals surface area contributed by atoms with E-state index in [9.17, 15) is 9.90 Å². The van der Waals surface area contributed by atoms with Crippen LogP contribution in [0.3, 0.4) is 0 Å². The van der Waals surface area contributed by atoms with Crippen LogP contribution in [0.1, 0.15) is 30.9 Å². The van der Waals surface area contributed by atoms with E-state index in [1.807, 2.05) is 35.1 Å². The van der Waals surface area contributed by atoms with Gasteiger partial charge in [0.15, 0.2) is 0 Å². The highest BCUT2D eigenvalue weighted by Crippen LogP contribution is 2.19. The van der Waals surface area contributed by atoms with Gasteiger partial charge in [-0.2, -0.15) is 5.10 Å². The molecule has 31 heavy (non-hydrogen) atoms. The summed E-state index contributed by atoms with van der Waals surface area (Å²) in [5, 5.41) is 18.0. The van der Waals surface area contributed by atoms with E-state index in [1.165, 1.54) is 18.2 Å². The van der Waals surface area contributed by atoms with Crippen molar-refractivity contribution in [3.05, 3.63) is 47.8 Å². The number of carbonyl (C=O) groups is 1. The molecule has 170 valence electrons. The molecule has 0 saturated carbocycles. The Morgan fingerprint density at radius 2 is 1.94 bits per heavy atom. The van der Waals surface area contributed by atoms with Crippen molar-refractivity contribution in [3.8, 4) is 5.75 Å². The molecule has 1 aliphatic heterocycles. The summed E-state index contributed by atoms with van der Waals surface area (Å²) in [7, 11) is 1.43. The second kappa shape index (κ2) is 11.8. The number of aryl methyl sites for hydroxylation is 1. The molecule has 2 aromatic rings. The number of β-amino-alcohol motifs (C(OH)–C–C–N with tert-alkyl or cyclic N) is 1. The van der Waals surface area contributed by atoms with Gasteiger partial charge in [-0.1, -0.05) is 12.1 Å². The first-order valence-corrected chi connectivity index (χ1v) is 11.0. The number of piperidine rings is 1. The van der Waals surface area contributed by atoms with Crippen molar-refractivity contribution in [1.82, 2.24) is 20.0 Å². The van der Waals surface area contributed by atoms with E-state index in [2.05, 4.69) is 28.4 Å². The van der Waals surface area contributed by atoms with Crippen molar-refractivity contribution >= 4 is 5.97 Å². The van der Waals surface area contributed by atoms with Crippen LogP contribution in [-0.2, 0) is 29.2 Å². The number of aliphatic hydroxyl groups excluding tert-OH is 1. The molecule has 1 aliphatic rings. The minimum atomic E-state index is -0.569. The number of aromatic nitrogens is 2. The molecule has 2 heterocycles. The Bertz CT molecular complexity index is 800.